The van der Waals surface area contributed by atoms with Crippen LogP contribution in [0.25, 0.3) is 11.1 Å². The molecule has 2 aromatic carbocycles. The Morgan fingerprint density at radius 3 is 2.64 bits per heavy atom. The van der Waals surface area contributed by atoms with E-state index in [4.69, 9.17) is 9.47 Å². The van der Waals surface area contributed by atoms with Gasteiger partial charge in [-0.25, -0.2) is 4.79 Å². The Morgan fingerprint density at radius 2 is 1.96 bits per heavy atom. The molecule has 146 valence electrons. The van der Waals surface area contributed by atoms with Crippen molar-refractivity contribution in [1.82, 2.24) is 0 Å². The SMILES string of the molecule is C=CC(=O)OC(CC)CCCCCOc1cc(C#N)ccc1-c1ccccc1. The molecule has 0 aliphatic rings. The summed E-state index contributed by atoms with van der Waals surface area (Å²) < 4.78 is 11.3. The number of nitrogens with zero attached hydrogens (tertiary/aromatic N) is 1. The summed E-state index contributed by atoms with van der Waals surface area (Å²) in [7, 11) is 0. The summed E-state index contributed by atoms with van der Waals surface area (Å²) in [6, 6.07) is 17.7. The highest BCUT2D eigenvalue weighted by Crippen LogP contribution is 2.31. The van der Waals surface area contributed by atoms with Gasteiger partial charge in [0.1, 0.15) is 11.9 Å². The van der Waals surface area contributed by atoms with Crippen LogP contribution >= 0.6 is 0 Å². The number of ether oxygens (including phenoxy) is 2. The lowest BCUT2D eigenvalue weighted by atomic mass is 10.0. The van der Waals surface area contributed by atoms with Gasteiger partial charge in [0, 0.05) is 11.6 Å². The highest BCUT2D eigenvalue weighted by molar-refractivity contribution is 5.81. The number of rotatable bonds is 11. The molecule has 0 amide bonds. The Hall–Kier alpha value is -3.06. The lowest BCUT2D eigenvalue weighted by molar-refractivity contribution is -0.143. The molecular formula is C24H27NO3. The van der Waals surface area contributed by atoms with Crippen molar-refractivity contribution in [3.63, 3.8) is 0 Å². The Balaban J connectivity index is 1.85. The maximum Gasteiger partial charge on any atom is 0.330 e. The van der Waals surface area contributed by atoms with Crippen LogP contribution in [-0.4, -0.2) is 18.7 Å². The molecule has 4 nitrogen and oxygen atoms in total. The number of hydrogen-bond acceptors (Lipinski definition) is 4. The van der Waals surface area contributed by atoms with E-state index >= 15 is 0 Å². The van der Waals surface area contributed by atoms with Crippen molar-refractivity contribution < 1.29 is 14.3 Å². The van der Waals surface area contributed by atoms with Crippen molar-refractivity contribution in [2.24, 2.45) is 0 Å². The summed E-state index contributed by atoms with van der Waals surface area (Å²) in [5.74, 6) is 0.373. The normalized spacial score (nSPS) is 11.3. The van der Waals surface area contributed by atoms with Gasteiger partial charge in [-0.2, -0.15) is 5.26 Å². The van der Waals surface area contributed by atoms with Gasteiger partial charge in [0.15, 0.2) is 0 Å². The zero-order chi connectivity index (χ0) is 20.2. The molecule has 2 rings (SSSR count). The summed E-state index contributed by atoms with van der Waals surface area (Å²) >= 11 is 0. The predicted molar refractivity (Wildman–Crippen MR) is 111 cm³/mol. The number of nitriles is 1. The van der Waals surface area contributed by atoms with Crippen molar-refractivity contribution in [1.29, 1.82) is 5.26 Å². The van der Waals surface area contributed by atoms with Crippen molar-refractivity contribution in [2.45, 2.75) is 45.1 Å². The van der Waals surface area contributed by atoms with Gasteiger partial charge in [0.25, 0.3) is 0 Å². The van der Waals surface area contributed by atoms with Gasteiger partial charge in [0.05, 0.1) is 18.2 Å². The van der Waals surface area contributed by atoms with E-state index in [0.717, 1.165) is 49.0 Å². The second kappa shape index (κ2) is 11.6. The first-order valence-corrected chi connectivity index (χ1v) is 9.73. The molecule has 0 heterocycles. The summed E-state index contributed by atoms with van der Waals surface area (Å²) in [6.07, 6.45) is 5.65. The van der Waals surface area contributed by atoms with Crippen LogP contribution in [0.15, 0.2) is 61.2 Å². The monoisotopic (exact) mass is 377 g/mol. The first-order chi connectivity index (χ1) is 13.7. The van der Waals surface area contributed by atoms with E-state index in [2.05, 4.69) is 12.6 Å². The summed E-state index contributed by atoms with van der Waals surface area (Å²) in [5.41, 5.74) is 2.64. The van der Waals surface area contributed by atoms with Crippen LogP contribution in [-0.2, 0) is 9.53 Å². The Bertz CT molecular complexity index is 808. The van der Waals surface area contributed by atoms with Crippen LogP contribution in [0.3, 0.4) is 0 Å². The molecule has 0 N–H and O–H groups in total. The zero-order valence-corrected chi connectivity index (χ0v) is 16.4. The average molecular weight is 377 g/mol. The number of unbranched alkanes of at least 4 members (excludes halogenated alkanes) is 2. The molecule has 28 heavy (non-hydrogen) atoms. The van der Waals surface area contributed by atoms with Crippen molar-refractivity contribution >= 4 is 5.97 Å². The number of hydrogen-bond donors (Lipinski definition) is 0. The fourth-order valence-corrected chi connectivity index (χ4v) is 2.96. The summed E-state index contributed by atoms with van der Waals surface area (Å²) in [5, 5.41) is 9.17. The molecule has 0 saturated heterocycles. The minimum absolute atomic E-state index is 0.0524. The lowest BCUT2D eigenvalue weighted by Crippen LogP contribution is -2.15. The smallest absolute Gasteiger partial charge is 0.330 e. The van der Waals surface area contributed by atoms with E-state index in [1.54, 1.807) is 6.07 Å². The van der Waals surface area contributed by atoms with E-state index in [9.17, 15) is 10.1 Å². The molecule has 1 atom stereocenters. The summed E-state index contributed by atoms with van der Waals surface area (Å²) in [6.45, 7) is 6.02. The van der Waals surface area contributed by atoms with Gasteiger partial charge < -0.3 is 9.47 Å². The van der Waals surface area contributed by atoms with E-state index in [1.807, 2.05) is 49.4 Å². The van der Waals surface area contributed by atoms with E-state index < -0.39 is 0 Å². The third kappa shape index (κ3) is 6.59. The molecule has 0 fully saturated rings. The van der Waals surface area contributed by atoms with Crippen LogP contribution in [0.1, 0.15) is 44.6 Å². The average Bonchev–Trinajstić information content (AvgIpc) is 2.75. The third-order valence-corrected chi connectivity index (χ3v) is 4.53. The van der Waals surface area contributed by atoms with E-state index in [0.29, 0.717) is 12.2 Å². The maximum absolute atomic E-state index is 11.3. The molecule has 0 aromatic heterocycles. The lowest BCUT2D eigenvalue weighted by Gasteiger charge is -2.15. The molecule has 0 bridgehead atoms. The van der Waals surface area contributed by atoms with Crippen molar-refractivity contribution in [3.05, 3.63) is 66.7 Å². The Morgan fingerprint density at radius 1 is 1.18 bits per heavy atom. The largest absolute Gasteiger partial charge is 0.493 e. The van der Waals surface area contributed by atoms with E-state index in [1.165, 1.54) is 6.08 Å². The molecule has 2 aromatic rings. The number of carbonyl (C=O) groups is 1. The molecule has 0 spiro atoms. The fraction of sp³-hybridized carbons (Fsp3) is 0.333. The predicted octanol–water partition coefficient (Wildman–Crippen LogP) is 5.67. The topological polar surface area (TPSA) is 59.3 Å². The second-order valence-electron chi connectivity index (χ2n) is 6.56. The quantitative estimate of drug-likeness (QED) is 0.287. The number of benzene rings is 2. The molecular weight excluding hydrogens is 350 g/mol. The van der Waals surface area contributed by atoms with Gasteiger partial charge in [-0.05, 0) is 55.9 Å². The van der Waals surface area contributed by atoms with Crippen LogP contribution in [0, 0.1) is 11.3 Å². The van der Waals surface area contributed by atoms with Gasteiger partial charge in [-0.15, -0.1) is 0 Å². The maximum atomic E-state index is 11.3. The van der Waals surface area contributed by atoms with Gasteiger partial charge >= 0.3 is 5.97 Å². The molecule has 0 saturated carbocycles. The van der Waals surface area contributed by atoms with Gasteiger partial charge in [-0.3, -0.25) is 0 Å². The van der Waals surface area contributed by atoms with Crippen LogP contribution in [0.2, 0.25) is 0 Å². The molecule has 0 radical (unpaired) electrons. The van der Waals surface area contributed by atoms with Crippen LogP contribution in [0.5, 0.6) is 5.75 Å². The van der Waals surface area contributed by atoms with E-state index in [-0.39, 0.29) is 12.1 Å². The molecule has 0 aliphatic carbocycles. The van der Waals surface area contributed by atoms with Crippen molar-refractivity contribution in [2.75, 3.05) is 6.61 Å². The Labute approximate surface area is 167 Å². The van der Waals surface area contributed by atoms with Gasteiger partial charge in [0.2, 0.25) is 0 Å². The highest BCUT2D eigenvalue weighted by atomic mass is 16.5. The molecule has 1 unspecified atom stereocenters. The second-order valence-corrected chi connectivity index (χ2v) is 6.56. The minimum Gasteiger partial charge on any atom is -0.493 e. The number of carbonyl (C=O) groups excluding carboxylic acids is 1. The molecule has 4 heteroatoms. The van der Waals surface area contributed by atoms with Crippen LogP contribution in [0.4, 0.5) is 0 Å². The highest BCUT2D eigenvalue weighted by Gasteiger charge is 2.10. The van der Waals surface area contributed by atoms with Gasteiger partial charge in [-0.1, -0.05) is 43.8 Å². The minimum atomic E-state index is -0.360. The van der Waals surface area contributed by atoms with Crippen LogP contribution < -0.4 is 4.74 Å². The first-order valence-electron chi connectivity index (χ1n) is 9.73. The fourth-order valence-electron chi connectivity index (χ4n) is 2.96. The molecule has 0 aliphatic heterocycles. The number of esters is 1. The zero-order valence-electron chi connectivity index (χ0n) is 16.4. The standard InChI is InChI=1S/C24H27NO3/c1-3-21(28-24(26)4-2)13-9-6-10-16-27-23-17-19(18-25)14-15-22(23)20-11-7-5-8-12-20/h4-5,7-8,11-12,14-15,17,21H,2-3,6,9-10,13,16H2,1H3. The van der Waals surface area contributed by atoms with Crippen molar-refractivity contribution in [3.8, 4) is 22.9 Å². The Kier molecular flexibility index (Phi) is 8.81. The third-order valence-electron chi connectivity index (χ3n) is 4.53. The first kappa shape index (κ1) is 21.2. The summed E-state index contributed by atoms with van der Waals surface area (Å²) in [4.78, 5) is 11.3.